The Balaban J connectivity index is 1.23. The smallest absolute Gasteiger partial charge is 0.265 e. The second-order valence-corrected chi connectivity index (χ2v) is 13.4. The topological polar surface area (TPSA) is 64.2 Å². The highest BCUT2D eigenvalue weighted by molar-refractivity contribution is 9.10. The molecule has 0 atom stereocenters. The van der Waals surface area contributed by atoms with Gasteiger partial charge in [0.2, 0.25) is 10.0 Å². The molecule has 2 aliphatic rings. The Hall–Kier alpha value is -1.53. The number of benzene rings is 2. The number of rotatable bonds is 5. The Bertz CT molecular complexity index is 1380. The van der Waals surface area contributed by atoms with Gasteiger partial charge in [-0.1, -0.05) is 39.7 Å². The van der Waals surface area contributed by atoms with Crippen molar-refractivity contribution in [3.63, 3.8) is 0 Å². The highest BCUT2D eigenvalue weighted by Crippen LogP contribution is 2.31. The zero-order chi connectivity index (χ0) is 25.4. The number of sulfonamides is 1. The zero-order valence-corrected chi connectivity index (χ0v) is 24.0. The fourth-order valence-electron chi connectivity index (χ4n) is 4.66. The summed E-state index contributed by atoms with van der Waals surface area (Å²) >= 11 is 11.5. The molecule has 7 nitrogen and oxygen atoms in total. The quantitative estimate of drug-likeness (QED) is 0.433. The number of carbonyl (C=O) groups is 1. The van der Waals surface area contributed by atoms with Crippen LogP contribution in [0.25, 0.3) is 10.8 Å². The molecule has 0 bridgehead atoms. The Kier molecular flexibility index (Phi) is 7.74. The molecule has 11 heteroatoms. The summed E-state index contributed by atoms with van der Waals surface area (Å²) < 4.78 is 29.0. The number of amides is 1. The molecule has 2 fully saturated rings. The Morgan fingerprint density at radius 1 is 0.972 bits per heavy atom. The largest absolute Gasteiger partial charge is 0.335 e. The van der Waals surface area contributed by atoms with Gasteiger partial charge in [0, 0.05) is 63.4 Å². The van der Waals surface area contributed by atoms with Crippen LogP contribution in [0.2, 0.25) is 5.02 Å². The van der Waals surface area contributed by atoms with E-state index in [1.54, 1.807) is 17.0 Å². The molecule has 2 aromatic carbocycles. The number of thiophene rings is 1. The first-order chi connectivity index (χ1) is 17.2. The number of carbonyl (C=O) groups excluding carboxylic acids is 1. The van der Waals surface area contributed by atoms with E-state index < -0.39 is 10.0 Å². The summed E-state index contributed by atoms with van der Waals surface area (Å²) in [5, 5.41) is 4.35. The van der Waals surface area contributed by atoms with Crippen LogP contribution >= 0.6 is 38.9 Å². The average molecular weight is 612 g/mol. The van der Waals surface area contributed by atoms with Crippen molar-refractivity contribution in [2.75, 3.05) is 59.4 Å². The highest BCUT2D eigenvalue weighted by atomic mass is 79.9. The van der Waals surface area contributed by atoms with Gasteiger partial charge in [0.25, 0.3) is 5.91 Å². The number of hydrogen-bond acceptors (Lipinski definition) is 6. The average Bonchev–Trinajstić information content (AvgIpc) is 3.24. The van der Waals surface area contributed by atoms with E-state index in [4.69, 9.17) is 11.6 Å². The van der Waals surface area contributed by atoms with Crippen molar-refractivity contribution < 1.29 is 13.2 Å². The Morgan fingerprint density at radius 2 is 1.64 bits per heavy atom. The van der Waals surface area contributed by atoms with Gasteiger partial charge in [-0.15, -0.1) is 11.3 Å². The van der Waals surface area contributed by atoms with Gasteiger partial charge in [-0.2, -0.15) is 4.31 Å². The Labute approximate surface area is 229 Å². The van der Waals surface area contributed by atoms with Crippen molar-refractivity contribution in [2.24, 2.45) is 0 Å². The summed E-state index contributed by atoms with van der Waals surface area (Å²) in [7, 11) is -1.53. The molecule has 0 spiro atoms. The minimum atomic E-state index is -3.65. The molecule has 2 aliphatic heterocycles. The van der Waals surface area contributed by atoms with Gasteiger partial charge >= 0.3 is 0 Å². The van der Waals surface area contributed by atoms with E-state index in [0.29, 0.717) is 23.0 Å². The van der Waals surface area contributed by atoms with Crippen LogP contribution in [0.3, 0.4) is 0 Å². The first kappa shape index (κ1) is 26.1. The minimum Gasteiger partial charge on any atom is -0.335 e. The fourth-order valence-corrected chi connectivity index (χ4v) is 7.80. The van der Waals surface area contributed by atoms with Crippen LogP contribution in [-0.2, 0) is 16.6 Å². The summed E-state index contributed by atoms with van der Waals surface area (Å²) in [5.41, 5.74) is 0.985. The van der Waals surface area contributed by atoms with Crippen LogP contribution in [0.15, 0.2) is 51.1 Å². The van der Waals surface area contributed by atoms with Gasteiger partial charge in [0.1, 0.15) is 4.88 Å². The maximum Gasteiger partial charge on any atom is 0.265 e. The molecule has 0 unspecified atom stereocenters. The number of fused-ring (bicyclic) bond motifs is 1. The molecule has 3 heterocycles. The molecule has 1 amide bonds. The SMILES string of the molecule is CN1CCN(Cc2csc(C(=O)N3CCN(S(=O)(=O)c4ccc5cc(Br)ccc5c4)CC3)c2Cl)CC1. The first-order valence-corrected chi connectivity index (χ1v) is 15.4. The third-order valence-electron chi connectivity index (χ3n) is 6.92. The van der Waals surface area contributed by atoms with Gasteiger partial charge in [-0.05, 0) is 53.0 Å². The first-order valence-electron chi connectivity index (χ1n) is 11.9. The molecule has 3 aromatic rings. The molecule has 36 heavy (non-hydrogen) atoms. The van der Waals surface area contributed by atoms with Gasteiger partial charge in [0.05, 0.1) is 9.92 Å². The van der Waals surface area contributed by atoms with Gasteiger partial charge in [-0.25, -0.2) is 8.42 Å². The van der Waals surface area contributed by atoms with E-state index in [0.717, 1.165) is 53.5 Å². The Morgan fingerprint density at radius 3 is 2.36 bits per heavy atom. The second-order valence-electron chi connectivity index (χ2n) is 9.33. The molecule has 0 N–H and O–H groups in total. The van der Waals surface area contributed by atoms with Crippen LogP contribution in [0.5, 0.6) is 0 Å². The van der Waals surface area contributed by atoms with Crippen molar-refractivity contribution in [3.05, 3.63) is 61.7 Å². The van der Waals surface area contributed by atoms with Crippen molar-refractivity contribution >= 4 is 65.6 Å². The van der Waals surface area contributed by atoms with Gasteiger partial charge < -0.3 is 9.80 Å². The summed E-state index contributed by atoms with van der Waals surface area (Å²) in [4.78, 5) is 20.4. The lowest BCUT2D eigenvalue weighted by molar-refractivity contribution is 0.0703. The lowest BCUT2D eigenvalue weighted by atomic mass is 10.1. The lowest BCUT2D eigenvalue weighted by Crippen LogP contribution is -2.50. The molecule has 192 valence electrons. The van der Waals surface area contributed by atoms with Crippen molar-refractivity contribution in [3.8, 4) is 0 Å². The number of hydrogen-bond donors (Lipinski definition) is 0. The third-order valence-corrected chi connectivity index (χ3v) is 10.9. The van der Waals surface area contributed by atoms with Crippen molar-refractivity contribution in [1.29, 1.82) is 0 Å². The maximum absolute atomic E-state index is 13.3. The summed E-state index contributed by atoms with van der Waals surface area (Å²) in [6, 6.07) is 10.9. The number of piperazine rings is 2. The van der Waals surface area contributed by atoms with E-state index in [9.17, 15) is 13.2 Å². The molecular formula is C25H28BrClN4O3S2. The van der Waals surface area contributed by atoms with Crippen molar-refractivity contribution in [1.82, 2.24) is 19.0 Å². The van der Waals surface area contributed by atoms with Crippen LogP contribution < -0.4 is 0 Å². The summed E-state index contributed by atoms with van der Waals surface area (Å²) in [6.45, 7) is 5.93. The van der Waals surface area contributed by atoms with E-state index in [1.165, 1.54) is 15.6 Å². The third kappa shape index (κ3) is 5.36. The predicted molar refractivity (Wildman–Crippen MR) is 148 cm³/mol. The standard InChI is InChI=1S/C25H28BrClN4O3S2/c1-28-6-8-29(9-7-28)16-20-17-35-24(23(20)27)25(32)30-10-12-31(13-11-30)36(33,34)22-5-3-18-14-21(26)4-2-19(18)15-22/h2-5,14-15,17H,6-13,16H2,1H3. The van der Waals surface area contributed by atoms with Crippen LogP contribution in [0.1, 0.15) is 15.2 Å². The van der Waals surface area contributed by atoms with Crippen molar-refractivity contribution in [2.45, 2.75) is 11.4 Å². The monoisotopic (exact) mass is 610 g/mol. The normalized spacial score (nSPS) is 18.7. The predicted octanol–water partition coefficient (Wildman–Crippen LogP) is 4.21. The molecule has 2 saturated heterocycles. The molecule has 1 aromatic heterocycles. The lowest BCUT2D eigenvalue weighted by Gasteiger charge is -2.34. The number of nitrogens with zero attached hydrogens (tertiary/aromatic N) is 4. The summed E-state index contributed by atoms with van der Waals surface area (Å²) in [5.74, 6) is -0.122. The molecule has 0 aliphatic carbocycles. The highest BCUT2D eigenvalue weighted by Gasteiger charge is 2.32. The molecule has 0 saturated carbocycles. The van der Waals surface area contributed by atoms with E-state index in [1.807, 2.05) is 29.6 Å². The van der Waals surface area contributed by atoms with Crippen LogP contribution in [0, 0.1) is 0 Å². The number of halogens is 2. The van der Waals surface area contributed by atoms with Gasteiger partial charge in [0.15, 0.2) is 0 Å². The fraction of sp³-hybridized carbons (Fsp3) is 0.400. The van der Waals surface area contributed by atoms with E-state index in [-0.39, 0.29) is 23.9 Å². The van der Waals surface area contributed by atoms with E-state index in [2.05, 4.69) is 32.8 Å². The zero-order valence-electron chi connectivity index (χ0n) is 20.0. The van der Waals surface area contributed by atoms with Crippen LogP contribution in [-0.4, -0.2) is 92.7 Å². The molecule has 0 radical (unpaired) electrons. The van der Waals surface area contributed by atoms with Gasteiger partial charge in [-0.3, -0.25) is 9.69 Å². The number of likely N-dealkylation sites (N-methyl/N-ethyl adjacent to an activating group) is 1. The van der Waals surface area contributed by atoms with Crippen LogP contribution in [0.4, 0.5) is 0 Å². The molecule has 5 rings (SSSR count). The minimum absolute atomic E-state index is 0.122. The maximum atomic E-state index is 13.3. The second kappa shape index (κ2) is 10.7. The summed E-state index contributed by atoms with van der Waals surface area (Å²) in [6.07, 6.45) is 0. The molecular weight excluding hydrogens is 584 g/mol. The van der Waals surface area contributed by atoms with E-state index >= 15 is 0 Å².